The monoisotopic (exact) mass is 310 g/mol. The topological polar surface area (TPSA) is 118 Å². The zero-order valence-corrected chi connectivity index (χ0v) is 11.9. The molecule has 0 bridgehead atoms. The van der Waals surface area contributed by atoms with Crippen LogP contribution in [0.4, 0.5) is 5.69 Å². The highest BCUT2D eigenvalue weighted by molar-refractivity contribution is 7.91. The maximum absolute atomic E-state index is 12.3. The number of non-ortho nitro benzene ring substituents is 1. The predicted octanol–water partition coefficient (Wildman–Crippen LogP) is 0.997. The third-order valence-corrected chi connectivity index (χ3v) is 5.16. The maximum Gasteiger partial charge on any atom is 0.271 e. The van der Waals surface area contributed by atoms with Crippen LogP contribution in [0.3, 0.4) is 0 Å². The Bertz CT molecular complexity index is 793. The van der Waals surface area contributed by atoms with E-state index in [9.17, 15) is 18.5 Å². The molecule has 0 amide bonds. The van der Waals surface area contributed by atoms with Gasteiger partial charge in [0.15, 0.2) is 0 Å². The van der Waals surface area contributed by atoms with E-state index in [1.165, 1.54) is 18.2 Å². The summed E-state index contributed by atoms with van der Waals surface area (Å²) in [4.78, 5) is 16.9. The van der Waals surface area contributed by atoms with Crippen molar-refractivity contribution < 1.29 is 13.3 Å². The molecule has 1 aliphatic rings. The average molecular weight is 310 g/mol. The second kappa shape index (κ2) is 5.08. The fourth-order valence-electron chi connectivity index (χ4n) is 2.48. The van der Waals surface area contributed by atoms with Crippen LogP contribution < -0.4 is 5.32 Å². The van der Waals surface area contributed by atoms with Gasteiger partial charge in [0.1, 0.15) is 0 Å². The summed E-state index contributed by atoms with van der Waals surface area (Å²) in [5, 5.41) is 13.7. The van der Waals surface area contributed by atoms with Crippen molar-refractivity contribution >= 4 is 26.6 Å². The smallest absolute Gasteiger partial charge is 0.271 e. The highest BCUT2D eigenvalue weighted by atomic mass is 32.2. The normalized spacial score (nSPS) is 19.1. The number of nitro benzene ring substituents is 1. The number of rotatable bonds is 4. The molecule has 0 spiro atoms. The molecule has 1 aliphatic heterocycles. The van der Waals surface area contributed by atoms with Crippen molar-refractivity contribution in [2.75, 3.05) is 12.3 Å². The van der Waals surface area contributed by atoms with Gasteiger partial charge >= 0.3 is 0 Å². The molecule has 1 aromatic carbocycles. The molecule has 8 nitrogen and oxygen atoms in total. The predicted molar refractivity (Wildman–Crippen MR) is 75.8 cm³/mol. The third kappa shape index (κ3) is 2.74. The fourth-order valence-corrected chi connectivity index (χ4v) is 3.95. The minimum absolute atomic E-state index is 0.0189. The van der Waals surface area contributed by atoms with Crippen LogP contribution in [-0.2, 0) is 9.84 Å². The van der Waals surface area contributed by atoms with Crippen LogP contribution in [-0.4, -0.2) is 41.6 Å². The first-order valence-electron chi connectivity index (χ1n) is 6.56. The van der Waals surface area contributed by atoms with Gasteiger partial charge in [-0.1, -0.05) is 0 Å². The number of aromatic nitrogens is 2. The SMILES string of the molecule is O=[N+]([O-])c1ccc2nc(S(=O)(=O)CC3CCCN3)[nH]c2c1. The van der Waals surface area contributed by atoms with E-state index in [-0.39, 0.29) is 22.6 Å². The quantitative estimate of drug-likeness (QED) is 0.642. The zero-order chi connectivity index (χ0) is 15.0. The van der Waals surface area contributed by atoms with E-state index in [1.807, 2.05) is 0 Å². The Hall–Kier alpha value is -2.00. The van der Waals surface area contributed by atoms with E-state index in [2.05, 4.69) is 15.3 Å². The lowest BCUT2D eigenvalue weighted by Crippen LogP contribution is -2.30. The zero-order valence-electron chi connectivity index (χ0n) is 11.1. The maximum atomic E-state index is 12.3. The molecule has 21 heavy (non-hydrogen) atoms. The van der Waals surface area contributed by atoms with E-state index in [1.54, 1.807) is 0 Å². The number of nitrogens with zero attached hydrogens (tertiary/aromatic N) is 2. The minimum Gasteiger partial charge on any atom is -0.329 e. The lowest BCUT2D eigenvalue weighted by atomic mass is 10.3. The van der Waals surface area contributed by atoms with E-state index >= 15 is 0 Å². The van der Waals surface area contributed by atoms with Crippen molar-refractivity contribution in [3.8, 4) is 0 Å². The van der Waals surface area contributed by atoms with Gasteiger partial charge in [0.25, 0.3) is 5.69 Å². The number of hydrogen-bond donors (Lipinski definition) is 2. The summed E-state index contributed by atoms with van der Waals surface area (Å²) in [6.07, 6.45) is 1.79. The average Bonchev–Trinajstić information content (AvgIpc) is 3.05. The van der Waals surface area contributed by atoms with Gasteiger partial charge < -0.3 is 10.3 Å². The molecule has 3 rings (SSSR count). The molecule has 2 aromatic rings. The summed E-state index contributed by atoms with van der Waals surface area (Å²) in [6, 6.07) is 3.97. The van der Waals surface area contributed by atoms with Gasteiger partial charge in [-0.15, -0.1) is 0 Å². The Morgan fingerprint density at radius 3 is 2.90 bits per heavy atom. The Morgan fingerprint density at radius 1 is 1.43 bits per heavy atom. The highest BCUT2D eigenvalue weighted by Gasteiger charge is 2.26. The van der Waals surface area contributed by atoms with Gasteiger partial charge in [0.05, 0.1) is 21.7 Å². The van der Waals surface area contributed by atoms with Crippen molar-refractivity contribution in [1.29, 1.82) is 0 Å². The second-order valence-corrected chi connectivity index (χ2v) is 7.02. The van der Waals surface area contributed by atoms with Crippen molar-refractivity contribution in [2.24, 2.45) is 0 Å². The molecule has 0 saturated carbocycles. The lowest BCUT2D eigenvalue weighted by Gasteiger charge is -2.08. The van der Waals surface area contributed by atoms with E-state index in [0.29, 0.717) is 11.0 Å². The second-order valence-electron chi connectivity index (χ2n) is 5.08. The Labute approximate surface area is 120 Å². The van der Waals surface area contributed by atoms with Crippen molar-refractivity contribution in [2.45, 2.75) is 24.0 Å². The molecule has 1 aromatic heterocycles. The van der Waals surface area contributed by atoms with Gasteiger partial charge in [0, 0.05) is 18.2 Å². The molecule has 1 atom stereocenters. The Kier molecular flexibility index (Phi) is 3.38. The largest absolute Gasteiger partial charge is 0.329 e. The van der Waals surface area contributed by atoms with E-state index < -0.39 is 14.8 Å². The number of aromatic amines is 1. The van der Waals surface area contributed by atoms with Crippen LogP contribution in [0.2, 0.25) is 0 Å². The molecule has 1 saturated heterocycles. The van der Waals surface area contributed by atoms with Crippen molar-refractivity contribution in [3.63, 3.8) is 0 Å². The molecule has 0 radical (unpaired) electrons. The number of benzene rings is 1. The number of sulfone groups is 1. The van der Waals surface area contributed by atoms with Crippen molar-refractivity contribution in [3.05, 3.63) is 28.3 Å². The van der Waals surface area contributed by atoms with Gasteiger partial charge in [0.2, 0.25) is 15.0 Å². The minimum atomic E-state index is -3.54. The summed E-state index contributed by atoms with van der Waals surface area (Å²) in [5.74, 6) is -0.0189. The summed E-state index contributed by atoms with van der Waals surface area (Å²) in [7, 11) is -3.54. The van der Waals surface area contributed by atoms with Gasteiger partial charge in [-0.05, 0) is 25.5 Å². The Morgan fingerprint density at radius 2 is 2.24 bits per heavy atom. The first-order valence-corrected chi connectivity index (χ1v) is 8.21. The number of fused-ring (bicyclic) bond motifs is 1. The standard InChI is InChI=1S/C12H14N4O4S/c17-16(18)9-3-4-10-11(6-9)15-12(14-10)21(19,20)7-8-2-1-5-13-8/h3-4,6,8,13H,1-2,5,7H2,(H,14,15). The molecule has 9 heteroatoms. The first kappa shape index (κ1) is 14.0. The fraction of sp³-hybridized carbons (Fsp3) is 0.417. The molecular weight excluding hydrogens is 296 g/mol. The molecular formula is C12H14N4O4S. The summed E-state index contributed by atoms with van der Waals surface area (Å²) in [5.41, 5.74) is 0.647. The molecule has 2 heterocycles. The number of imidazole rings is 1. The van der Waals surface area contributed by atoms with Crippen LogP contribution in [0.5, 0.6) is 0 Å². The van der Waals surface area contributed by atoms with Crippen LogP contribution >= 0.6 is 0 Å². The molecule has 0 aliphatic carbocycles. The molecule has 2 N–H and O–H groups in total. The molecule has 1 fully saturated rings. The molecule has 1 unspecified atom stereocenters. The van der Waals surface area contributed by atoms with Gasteiger partial charge in [-0.3, -0.25) is 10.1 Å². The van der Waals surface area contributed by atoms with Crippen LogP contribution in [0, 0.1) is 10.1 Å². The number of nitro groups is 1. The van der Waals surface area contributed by atoms with E-state index in [0.717, 1.165) is 19.4 Å². The van der Waals surface area contributed by atoms with Crippen LogP contribution in [0.15, 0.2) is 23.4 Å². The summed E-state index contributed by atoms with van der Waals surface area (Å²) < 4.78 is 24.6. The summed E-state index contributed by atoms with van der Waals surface area (Å²) >= 11 is 0. The number of hydrogen-bond acceptors (Lipinski definition) is 6. The lowest BCUT2D eigenvalue weighted by molar-refractivity contribution is -0.384. The molecule has 112 valence electrons. The highest BCUT2D eigenvalue weighted by Crippen LogP contribution is 2.21. The Balaban J connectivity index is 1.94. The number of H-pyrrole nitrogens is 1. The van der Waals surface area contributed by atoms with Gasteiger partial charge in [-0.2, -0.15) is 0 Å². The van der Waals surface area contributed by atoms with Crippen molar-refractivity contribution in [1.82, 2.24) is 15.3 Å². The van der Waals surface area contributed by atoms with Crippen LogP contribution in [0.1, 0.15) is 12.8 Å². The summed E-state index contributed by atoms with van der Waals surface area (Å²) in [6.45, 7) is 0.826. The van der Waals surface area contributed by atoms with Crippen LogP contribution in [0.25, 0.3) is 11.0 Å². The van der Waals surface area contributed by atoms with E-state index in [4.69, 9.17) is 0 Å². The van der Waals surface area contributed by atoms with Gasteiger partial charge in [-0.25, -0.2) is 13.4 Å². The first-order chi connectivity index (χ1) is 9.95. The number of nitrogens with one attached hydrogen (secondary N) is 2. The third-order valence-electron chi connectivity index (χ3n) is 3.53.